The van der Waals surface area contributed by atoms with Crippen LogP contribution in [0.2, 0.25) is 0 Å². The van der Waals surface area contributed by atoms with Gasteiger partial charge in [-0.2, -0.15) is 14.5 Å². The number of hydrogen-bond acceptors (Lipinski definition) is 32. The van der Waals surface area contributed by atoms with Gasteiger partial charge in [-0.25, -0.2) is 42.1 Å². The Labute approximate surface area is 520 Å². The molecule has 0 aliphatic rings. The first-order chi connectivity index (χ1) is 30.7. The summed E-state index contributed by atoms with van der Waals surface area (Å²) in [4.78, 5) is 23.6. The second-order valence-corrected chi connectivity index (χ2v) is 21.2. The van der Waals surface area contributed by atoms with Crippen molar-refractivity contribution >= 4 is 97.4 Å². The molecule has 0 heterocycles. The fourth-order valence-corrected chi connectivity index (χ4v) is 9.56. The Bertz CT molecular complexity index is 3340. The van der Waals surface area contributed by atoms with Crippen LogP contribution in [0, 0.1) is 6.92 Å². The van der Waals surface area contributed by atoms with Gasteiger partial charge in [0.15, 0.2) is 54.1 Å². The molecule has 0 saturated heterocycles. The smallest absolute Gasteiger partial charge is 0.744 e. The van der Waals surface area contributed by atoms with E-state index in [1.165, 1.54) is 6.92 Å². The Morgan fingerprint density at radius 2 is 1.20 bits per heavy atom. The van der Waals surface area contributed by atoms with Gasteiger partial charge in [-0.15, -0.1) is 14.6 Å². The Hall–Kier alpha value is 0.0900. The van der Waals surface area contributed by atoms with Crippen molar-refractivity contribution in [3.8, 4) is 5.75 Å². The number of nitrogens with one attached hydrogen (secondary N) is 2. The quantitative estimate of drug-likeness (QED) is 0.00907. The van der Waals surface area contributed by atoms with Gasteiger partial charge in [-0.05, 0) is 67.1 Å². The number of phenols is 1. The molecule has 0 bridgehead atoms. The van der Waals surface area contributed by atoms with Gasteiger partial charge in [-0.1, -0.05) is 0 Å². The van der Waals surface area contributed by atoms with E-state index in [2.05, 4.69) is 53.0 Å². The minimum Gasteiger partial charge on any atom is -0.744 e. The third-order valence-electron chi connectivity index (χ3n) is 7.74. The van der Waals surface area contributed by atoms with Gasteiger partial charge in [0.05, 0.1) is 67.7 Å². The number of aryl methyl sites for hydroxylation is 1. The first-order valence-electron chi connectivity index (χ1n) is 16.6. The van der Waals surface area contributed by atoms with E-state index in [4.69, 9.17) is 0 Å². The van der Waals surface area contributed by atoms with E-state index in [0.29, 0.717) is 12.1 Å². The van der Waals surface area contributed by atoms with Crippen LogP contribution in [0.15, 0.2) is 109 Å². The van der Waals surface area contributed by atoms with Crippen molar-refractivity contribution in [2.24, 2.45) is 20.4 Å². The first kappa shape index (κ1) is 73.2. The van der Waals surface area contributed by atoms with Gasteiger partial charge in [0.1, 0.15) is 25.9 Å². The first-order valence-corrected chi connectivity index (χ1v) is 25.4. The van der Waals surface area contributed by atoms with Crippen LogP contribution < -0.4 is 191 Å². The summed E-state index contributed by atoms with van der Waals surface area (Å²) in [6, 6.07) is 7.37. The number of anilines is 2. The van der Waals surface area contributed by atoms with Crippen molar-refractivity contribution in [3.63, 3.8) is 0 Å². The predicted octanol–water partition coefficient (Wildman–Crippen LogP) is -17.5. The van der Waals surface area contributed by atoms with Crippen LogP contribution in [0.5, 0.6) is 5.75 Å². The van der Waals surface area contributed by atoms with E-state index in [1.54, 1.807) is 0 Å². The summed E-state index contributed by atoms with van der Waals surface area (Å²) in [5, 5.41) is 49.4. The van der Waals surface area contributed by atoms with Crippen molar-refractivity contribution in [2.75, 3.05) is 35.6 Å². The van der Waals surface area contributed by atoms with Crippen molar-refractivity contribution in [3.05, 3.63) is 91.3 Å². The summed E-state index contributed by atoms with van der Waals surface area (Å²) in [7, 11) is -25.1. The minimum absolute atomic E-state index is 0. The maximum absolute atomic E-state index is 13.7. The molecule has 4 rings (SSSR count). The van der Waals surface area contributed by atoms with Crippen LogP contribution in [0.25, 0.3) is 0 Å². The molecule has 360 valence electrons. The summed E-state index contributed by atoms with van der Waals surface area (Å²) in [6.07, 6.45) is 0. The van der Waals surface area contributed by atoms with Crippen LogP contribution in [-0.2, 0) is 77.4 Å². The molecule has 3 N–H and O–H groups in total. The number of azo groups is 1. The van der Waals surface area contributed by atoms with Crippen LogP contribution in [-0.4, -0.2) is 85.6 Å². The zero-order valence-electron chi connectivity index (χ0n) is 37.0. The molecule has 71 heavy (non-hydrogen) atoms. The molecule has 0 atom stereocenters. The van der Waals surface area contributed by atoms with Gasteiger partial charge in [-0.3, -0.25) is 38.9 Å². The van der Waals surface area contributed by atoms with Crippen molar-refractivity contribution in [2.45, 2.75) is 31.4 Å². The molecule has 4 aromatic carbocycles. The molecule has 30 nitrogen and oxygen atoms in total. The molecule has 0 aliphatic carbocycles. The molecule has 42 heteroatoms. The number of rotatable bonds is 23. The number of nitrogens with zero attached hydrogens (tertiary/aromatic N) is 4. The molecule has 4 aromatic rings. The molecule has 0 aromatic heterocycles. The summed E-state index contributed by atoms with van der Waals surface area (Å²) >= 11 is 0.295. The number of sulfone groups is 2. The van der Waals surface area contributed by atoms with E-state index in [9.17, 15) is 81.0 Å². The average molecular weight is 1180 g/mol. The normalized spacial score (nSPS) is 12.5. The monoisotopic (exact) mass is 1180 g/mol. The maximum atomic E-state index is 13.7. The largest absolute Gasteiger partial charge is 1.00 e. The van der Waals surface area contributed by atoms with Gasteiger partial charge in [0.2, 0.25) is 21.3 Å². The average Bonchev–Trinajstić information content (AvgIpc) is 3.22. The molecule has 0 amide bonds. The van der Waals surface area contributed by atoms with Crippen molar-refractivity contribution in [1.29, 1.82) is 0 Å². The molecular weight excluding hydrogens is 1160 g/mol. The van der Waals surface area contributed by atoms with E-state index >= 15 is 0 Å². The summed E-state index contributed by atoms with van der Waals surface area (Å²) in [5.41, 5.74) is -2.06. The zero-order chi connectivity index (χ0) is 49.3. The van der Waals surface area contributed by atoms with Gasteiger partial charge in [0.25, 0.3) is 0 Å². The summed E-state index contributed by atoms with van der Waals surface area (Å²) in [6.45, 7) is -0.402. The number of phenolic OH excluding ortho intramolecular Hbond substituents is 1. The zero-order valence-corrected chi connectivity index (χ0v) is 52.7. The maximum Gasteiger partial charge on any atom is 1.00 e. The molecule has 0 unspecified atom stereocenters. The third kappa shape index (κ3) is 21.8. The Kier molecular flexibility index (Phi) is 33.1. The molecule has 0 spiro atoms. The van der Waals surface area contributed by atoms with Crippen LogP contribution in [0.3, 0.4) is 0 Å². The van der Waals surface area contributed by atoms with Crippen LogP contribution in [0.1, 0.15) is 5.56 Å². The van der Waals surface area contributed by atoms with E-state index in [0.717, 1.165) is 36.4 Å². The standard InChI is InChI=1S/C29H28N6O24S7.5Na/c1-15-12-22(64(45,46)47)20(14-21(15)60-58-56-39)32-35-26-28(37)24(33-30-16-2-4-17(5-3-16)62(41,42)10-8-54-61-59-57-40)27(36)25(29(26)38)34-31-19-7-6-18(13-23(19)65(48,49)50)63(43,44)11-9-55-66(51,52)53;;;;;/h2-7,12-14,30,32,38-40H,8-11H2,1H3,(H,45,46,47)(H,48,49,50)(H,51,52,53);;;;;/q;5*+1/p-5/b33-24+,34-31?,35-26-;;;;;. The topological polar surface area (TPSA) is 469 Å². The van der Waals surface area contributed by atoms with E-state index < -0.39 is 134 Å². The molecule has 0 saturated carbocycles. The molecule has 0 fully saturated rings. The van der Waals surface area contributed by atoms with Gasteiger partial charge < -0.3 is 29.3 Å². The van der Waals surface area contributed by atoms with E-state index in [-0.39, 0.29) is 199 Å². The third-order valence-corrected chi connectivity index (χ3v) is 14.4. The predicted molar refractivity (Wildman–Crippen MR) is 209 cm³/mol. The second-order valence-electron chi connectivity index (χ2n) is 12.0. The Morgan fingerprint density at radius 1 is 0.648 bits per heavy atom. The Morgan fingerprint density at radius 3 is 1.76 bits per heavy atom. The van der Waals surface area contributed by atoms with Crippen LogP contribution >= 0.6 is 24.4 Å². The second kappa shape index (κ2) is 32.1. The number of hydrogen-bond donors (Lipinski definition) is 3. The Balaban J connectivity index is 0. The fourth-order valence-electron chi connectivity index (χ4n) is 4.79. The molecular formula is C29H23N6Na5O24S7. The number of aromatic hydroxyl groups is 1. The summed E-state index contributed by atoms with van der Waals surface area (Å²) in [5.74, 6) is -3.33. The molecule has 0 aliphatic heterocycles. The SMILES string of the molecule is Cc1cc(S(=O)(=O)[O-])c(N/N=c2\c(O)c(N=Nc3ccc(S(=O)(=O)CCOS(=O)(=O)[O-])cc3S(=O)(=O)[O-])c(=O)/c(=N\Nc3ccc(S(=O)(=O)CCOSOO[O-])cc3)c2=O)cc1SOO[O-].[Na+].[Na+].[Na+].[Na+].[Na+]. The van der Waals surface area contributed by atoms with E-state index in [1.807, 2.05) is 5.43 Å². The van der Waals surface area contributed by atoms with Crippen LogP contribution in [0.4, 0.5) is 22.7 Å². The molecule has 0 radical (unpaired) electrons. The fraction of sp³-hybridized carbons (Fsp3) is 0.172. The van der Waals surface area contributed by atoms with Gasteiger partial charge in [0, 0.05) is 4.90 Å². The van der Waals surface area contributed by atoms with Gasteiger partial charge >= 0.3 is 148 Å². The minimum atomic E-state index is -5.70. The van der Waals surface area contributed by atoms with Crippen molar-refractivity contribution < 1.29 is 246 Å². The summed E-state index contributed by atoms with van der Waals surface area (Å²) < 4.78 is 172. The number of benzene rings is 4. The van der Waals surface area contributed by atoms with Crippen molar-refractivity contribution in [1.82, 2.24) is 0 Å².